The van der Waals surface area contributed by atoms with Crippen molar-refractivity contribution in [2.75, 3.05) is 5.73 Å². The van der Waals surface area contributed by atoms with E-state index in [0.29, 0.717) is 17.0 Å². The molecule has 0 radical (unpaired) electrons. The summed E-state index contributed by atoms with van der Waals surface area (Å²) in [7, 11) is 0. The summed E-state index contributed by atoms with van der Waals surface area (Å²) in [5, 5.41) is 4.47. The highest BCUT2D eigenvalue weighted by atomic mass is 19.1. The van der Waals surface area contributed by atoms with Gasteiger partial charge < -0.3 is 15.2 Å². The van der Waals surface area contributed by atoms with Gasteiger partial charge in [0.15, 0.2) is 5.76 Å². The number of nitrogen functional groups attached to an aromatic ring is 1. The first-order valence-corrected chi connectivity index (χ1v) is 4.73. The van der Waals surface area contributed by atoms with Crippen molar-refractivity contribution < 1.29 is 8.91 Å². The van der Waals surface area contributed by atoms with Crippen LogP contribution >= 0.6 is 0 Å². The molecule has 4 nitrogen and oxygen atoms in total. The van der Waals surface area contributed by atoms with Crippen molar-refractivity contribution in [1.29, 1.82) is 0 Å². The standard InChI is InChI=1S/C11H8FN3O/c12-6-1-2-7-8(4-14-10(7)3-6)11-9(13)5-15-16-11/h1-5,14H,13H2. The van der Waals surface area contributed by atoms with Crippen molar-refractivity contribution in [2.45, 2.75) is 0 Å². The van der Waals surface area contributed by atoms with Gasteiger partial charge in [-0.3, -0.25) is 0 Å². The Hall–Kier alpha value is -2.30. The van der Waals surface area contributed by atoms with Crippen LogP contribution in [0, 0.1) is 5.82 Å². The fourth-order valence-electron chi connectivity index (χ4n) is 1.74. The zero-order chi connectivity index (χ0) is 11.1. The van der Waals surface area contributed by atoms with Crippen LogP contribution in [0.25, 0.3) is 22.2 Å². The first-order chi connectivity index (χ1) is 7.75. The van der Waals surface area contributed by atoms with E-state index in [1.807, 2.05) is 0 Å². The van der Waals surface area contributed by atoms with Gasteiger partial charge in [0.05, 0.1) is 6.20 Å². The largest absolute Gasteiger partial charge is 0.394 e. The average molecular weight is 217 g/mol. The van der Waals surface area contributed by atoms with Crippen molar-refractivity contribution in [1.82, 2.24) is 10.1 Å². The number of aromatic nitrogens is 2. The highest BCUT2D eigenvalue weighted by Crippen LogP contribution is 2.32. The third-order valence-electron chi connectivity index (χ3n) is 2.49. The first kappa shape index (κ1) is 8.96. The van der Waals surface area contributed by atoms with Crippen molar-refractivity contribution >= 4 is 16.6 Å². The van der Waals surface area contributed by atoms with Gasteiger partial charge in [0.25, 0.3) is 0 Å². The first-order valence-electron chi connectivity index (χ1n) is 4.73. The topological polar surface area (TPSA) is 67.8 Å². The molecule has 16 heavy (non-hydrogen) atoms. The summed E-state index contributed by atoms with van der Waals surface area (Å²) in [5.74, 6) is 0.212. The van der Waals surface area contributed by atoms with Gasteiger partial charge in [-0.2, -0.15) is 0 Å². The second kappa shape index (κ2) is 3.10. The number of aromatic amines is 1. The summed E-state index contributed by atoms with van der Waals surface area (Å²) in [4.78, 5) is 2.96. The molecule has 0 spiro atoms. The van der Waals surface area contributed by atoms with Crippen molar-refractivity contribution in [2.24, 2.45) is 0 Å². The smallest absolute Gasteiger partial charge is 0.191 e. The maximum atomic E-state index is 13.0. The van der Waals surface area contributed by atoms with Crippen LogP contribution in [-0.2, 0) is 0 Å². The van der Waals surface area contributed by atoms with Crippen LogP contribution in [0.4, 0.5) is 10.1 Å². The molecule has 2 aromatic heterocycles. The van der Waals surface area contributed by atoms with Crippen molar-refractivity contribution in [3.05, 3.63) is 36.4 Å². The molecule has 3 rings (SSSR count). The predicted molar refractivity (Wildman–Crippen MR) is 58.2 cm³/mol. The van der Waals surface area contributed by atoms with E-state index in [9.17, 15) is 4.39 Å². The molecule has 0 bridgehead atoms. The van der Waals surface area contributed by atoms with Crippen LogP contribution in [0.2, 0.25) is 0 Å². The normalized spacial score (nSPS) is 11.1. The Morgan fingerprint density at radius 3 is 3.00 bits per heavy atom. The van der Waals surface area contributed by atoms with E-state index in [1.165, 1.54) is 18.3 Å². The van der Waals surface area contributed by atoms with E-state index in [1.54, 1.807) is 12.3 Å². The summed E-state index contributed by atoms with van der Waals surface area (Å²) >= 11 is 0. The predicted octanol–water partition coefficient (Wildman–Crippen LogP) is 2.54. The molecule has 0 atom stereocenters. The second-order valence-electron chi connectivity index (χ2n) is 3.50. The number of hydrogen-bond acceptors (Lipinski definition) is 3. The van der Waals surface area contributed by atoms with Gasteiger partial charge in [0.2, 0.25) is 0 Å². The van der Waals surface area contributed by atoms with E-state index in [0.717, 1.165) is 10.9 Å². The van der Waals surface area contributed by atoms with Crippen LogP contribution in [0.15, 0.2) is 35.1 Å². The fourth-order valence-corrected chi connectivity index (χ4v) is 1.74. The number of H-pyrrole nitrogens is 1. The number of halogens is 1. The van der Waals surface area contributed by atoms with Crippen LogP contribution in [-0.4, -0.2) is 10.1 Å². The Bertz CT molecular complexity index is 656. The minimum absolute atomic E-state index is 0.286. The lowest BCUT2D eigenvalue weighted by molar-refractivity contribution is 0.433. The zero-order valence-electron chi connectivity index (χ0n) is 8.20. The molecule has 0 aliphatic rings. The van der Waals surface area contributed by atoms with Crippen molar-refractivity contribution in [3.63, 3.8) is 0 Å². The Morgan fingerprint density at radius 1 is 1.38 bits per heavy atom. The number of nitrogens with zero attached hydrogens (tertiary/aromatic N) is 1. The molecule has 1 aromatic carbocycles. The fraction of sp³-hybridized carbons (Fsp3) is 0. The highest BCUT2D eigenvalue weighted by molar-refractivity contribution is 5.96. The molecule has 80 valence electrons. The van der Waals surface area contributed by atoms with Crippen LogP contribution in [0.3, 0.4) is 0 Å². The number of fused-ring (bicyclic) bond motifs is 1. The van der Waals surface area contributed by atoms with E-state index >= 15 is 0 Å². The summed E-state index contributed by atoms with van der Waals surface area (Å²) < 4.78 is 18.0. The lowest BCUT2D eigenvalue weighted by Gasteiger charge is -1.95. The molecular formula is C11H8FN3O. The summed E-state index contributed by atoms with van der Waals surface area (Å²) in [6.45, 7) is 0. The molecular weight excluding hydrogens is 209 g/mol. The Kier molecular flexibility index (Phi) is 1.73. The number of nitrogens with two attached hydrogens (primary N) is 1. The van der Waals surface area contributed by atoms with Gasteiger partial charge in [-0.05, 0) is 18.2 Å². The molecule has 0 fully saturated rings. The Morgan fingerprint density at radius 2 is 2.25 bits per heavy atom. The second-order valence-corrected chi connectivity index (χ2v) is 3.50. The van der Waals surface area contributed by atoms with E-state index < -0.39 is 0 Å². The zero-order valence-corrected chi connectivity index (χ0v) is 8.20. The van der Waals surface area contributed by atoms with Gasteiger partial charge in [-0.25, -0.2) is 4.39 Å². The van der Waals surface area contributed by atoms with Crippen LogP contribution < -0.4 is 5.73 Å². The minimum Gasteiger partial charge on any atom is -0.394 e. The van der Waals surface area contributed by atoms with Gasteiger partial charge in [-0.1, -0.05) is 5.16 Å². The number of anilines is 1. The SMILES string of the molecule is Nc1cnoc1-c1c[nH]c2cc(F)ccc12. The van der Waals surface area contributed by atoms with Gasteiger partial charge >= 0.3 is 0 Å². The lowest BCUT2D eigenvalue weighted by atomic mass is 10.1. The van der Waals surface area contributed by atoms with E-state index in [4.69, 9.17) is 10.3 Å². The minimum atomic E-state index is -0.286. The molecule has 5 heteroatoms. The van der Waals surface area contributed by atoms with Crippen molar-refractivity contribution in [3.8, 4) is 11.3 Å². The number of benzene rings is 1. The third-order valence-corrected chi connectivity index (χ3v) is 2.49. The quantitative estimate of drug-likeness (QED) is 0.658. The number of rotatable bonds is 1. The maximum Gasteiger partial charge on any atom is 0.191 e. The lowest BCUT2D eigenvalue weighted by Crippen LogP contribution is -1.83. The van der Waals surface area contributed by atoms with Gasteiger partial charge in [0, 0.05) is 22.7 Å². The average Bonchev–Trinajstić information content (AvgIpc) is 2.83. The van der Waals surface area contributed by atoms with Crippen LogP contribution in [0.5, 0.6) is 0 Å². The molecule has 0 aliphatic heterocycles. The Balaban J connectivity index is 2.30. The highest BCUT2D eigenvalue weighted by Gasteiger charge is 2.13. The molecule has 3 aromatic rings. The molecule has 2 heterocycles. The summed E-state index contributed by atoms with van der Waals surface area (Å²) in [5.41, 5.74) is 7.65. The molecule has 0 saturated carbocycles. The molecule has 3 N–H and O–H groups in total. The van der Waals surface area contributed by atoms with E-state index in [-0.39, 0.29) is 5.82 Å². The molecule has 0 unspecified atom stereocenters. The third kappa shape index (κ3) is 1.18. The number of nitrogens with one attached hydrogen (secondary N) is 1. The maximum absolute atomic E-state index is 13.0. The Labute approximate surface area is 89.9 Å². The van der Waals surface area contributed by atoms with Gasteiger partial charge in [0.1, 0.15) is 11.5 Å². The molecule has 0 saturated heterocycles. The molecule has 0 aliphatic carbocycles. The monoisotopic (exact) mass is 217 g/mol. The van der Waals surface area contributed by atoms with Crippen LogP contribution in [0.1, 0.15) is 0 Å². The van der Waals surface area contributed by atoms with Gasteiger partial charge in [-0.15, -0.1) is 0 Å². The van der Waals surface area contributed by atoms with E-state index in [2.05, 4.69) is 10.1 Å². The molecule has 0 amide bonds. The number of hydrogen-bond donors (Lipinski definition) is 2. The summed E-state index contributed by atoms with van der Waals surface area (Å²) in [6, 6.07) is 4.50. The summed E-state index contributed by atoms with van der Waals surface area (Å²) in [6.07, 6.45) is 3.17.